The number of hydrogen-bond acceptors (Lipinski definition) is 4. The molecule has 4 nitrogen and oxygen atoms in total. The number of anilines is 1. The van der Waals surface area contributed by atoms with Crippen LogP contribution in [0.25, 0.3) is 0 Å². The van der Waals surface area contributed by atoms with E-state index in [0.29, 0.717) is 5.95 Å². The summed E-state index contributed by atoms with van der Waals surface area (Å²) in [6, 6.07) is 10.6. The molecule has 0 fully saturated rings. The molecule has 0 radical (unpaired) electrons. The number of aromatic nitrogens is 2. The first-order chi connectivity index (χ1) is 9.63. The van der Waals surface area contributed by atoms with Gasteiger partial charge in [-0.3, -0.25) is 0 Å². The summed E-state index contributed by atoms with van der Waals surface area (Å²) in [5.74, 6) is 0.708. The molecule has 2 aromatic rings. The quantitative estimate of drug-likeness (QED) is 0.792. The van der Waals surface area contributed by atoms with Gasteiger partial charge in [-0.1, -0.05) is 29.8 Å². The Morgan fingerprint density at radius 1 is 0.900 bits per heavy atom. The number of nitrogens with one attached hydrogen (secondary N) is 2. The summed E-state index contributed by atoms with van der Waals surface area (Å²) in [4.78, 5) is 8.70. The van der Waals surface area contributed by atoms with Crippen LogP contribution in [-0.2, 0) is 6.54 Å². The predicted octanol–water partition coefficient (Wildman–Crippen LogP) is 2.60. The van der Waals surface area contributed by atoms with Crippen molar-refractivity contribution in [3.8, 4) is 0 Å². The zero-order valence-electron chi connectivity index (χ0n) is 12.4. The highest BCUT2D eigenvalue weighted by Crippen LogP contribution is 2.03. The SMILES string of the molecule is Cc1ccc(CNCCNc2nc(C)cc(C)n2)cc1. The van der Waals surface area contributed by atoms with Gasteiger partial charge < -0.3 is 10.6 Å². The fourth-order valence-corrected chi connectivity index (χ4v) is 2.01. The van der Waals surface area contributed by atoms with E-state index < -0.39 is 0 Å². The summed E-state index contributed by atoms with van der Waals surface area (Å²) in [6.07, 6.45) is 0. The molecule has 0 aliphatic rings. The second-order valence-corrected chi connectivity index (χ2v) is 5.06. The first-order valence-corrected chi connectivity index (χ1v) is 6.96. The highest BCUT2D eigenvalue weighted by molar-refractivity contribution is 5.27. The molecule has 1 aromatic carbocycles. The molecular weight excluding hydrogens is 248 g/mol. The van der Waals surface area contributed by atoms with Crippen LogP contribution in [0.1, 0.15) is 22.5 Å². The molecule has 2 N–H and O–H groups in total. The smallest absolute Gasteiger partial charge is 0.223 e. The summed E-state index contributed by atoms with van der Waals surface area (Å²) in [5.41, 5.74) is 4.58. The molecule has 1 heterocycles. The molecule has 20 heavy (non-hydrogen) atoms. The molecule has 4 heteroatoms. The van der Waals surface area contributed by atoms with Gasteiger partial charge in [0, 0.05) is 31.0 Å². The zero-order chi connectivity index (χ0) is 14.4. The van der Waals surface area contributed by atoms with Gasteiger partial charge in [0.2, 0.25) is 5.95 Å². The van der Waals surface area contributed by atoms with Crippen molar-refractivity contribution in [2.75, 3.05) is 18.4 Å². The lowest BCUT2D eigenvalue weighted by Crippen LogP contribution is -2.22. The first kappa shape index (κ1) is 14.5. The minimum absolute atomic E-state index is 0.708. The number of rotatable bonds is 6. The maximum absolute atomic E-state index is 4.35. The van der Waals surface area contributed by atoms with Crippen LogP contribution in [0.15, 0.2) is 30.3 Å². The molecule has 106 valence electrons. The molecular formula is C16H22N4. The molecule has 0 unspecified atom stereocenters. The molecule has 0 bridgehead atoms. The fraction of sp³-hybridized carbons (Fsp3) is 0.375. The van der Waals surface area contributed by atoms with Gasteiger partial charge in [0.25, 0.3) is 0 Å². The number of aryl methyl sites for hydroxylation is 3. The summed E-state index contributed by atoms with van der Waals surface area (Å²) in [5, 5.41) is 6.64. The summed E-state index contributed by atoms with van der Waals surface area (Å²) in [6.45, 7) is 8.64. The van der Waals surface area contributed by atoms with E-state index in [-0.39, 0.29) is 0 Å². The Bertz CT molecular complexity index is 529. The van der Waals surface area contributed by atoms with Crippen LogP contribution in [-0.4, -0.2) is 23.1 Å². The van der Waals surface area contributed by atoms with Crippen molar-refractivity contribution >= 4 is 5.95 Å². The monoisotopic (exact) mass is 270 g/mol. The van der Waals surface area contributed by atoms with Crippen molar-refractivity contribution in [1.82, 2.24) is 15.3 Å². The van der Waals surface area contributed by atoms with Crippen LogP contribution in [0.5, 0.6) is 0 Å². The molecule has 2 rings (SSSR count). The summed E-state index contributed by atoms with van der Waals surface area (Å²) in [7, 11) is 0. The minimum atomic E-state index is 0.708. The minimum Gasteiger partial charge on any atom is -0.353 e. The highest BCUT2D eigenvalue weighted by Gasteiger charge is 1.98. The van der Waals surface area contributed by atoms with E-state index in [1.54, 1.807) is 0 Å². The molecule has 0 aliphatic heterocycles. The van der Waals surface area contributed by atoms with Crippen LogP contribution in [0.3, 0.4) is 0 Å². The van der Waals surface area contributed by atoms with Crippen molar-refractivity contribution in [3.05, 3.63) is 52.8 Å². The highest BCUT2D eigenvalue weighted by atomic mass is 15.1. The second kappa shape index (κ2) is 7.01. The largest absolute Gasteiger partial charge is 0.353 e. The topological polar surface area (TPSA) is 49.8 Å². The van der Waals surface area contributed by atoms with Crippen molar-refractivity contribution in [2.24, 2.45) is 0 Å². The first-order valence-electron chi connectivity index (χ1n) is 6.96. The second-order valence-electron chi connectivity index (χ2n) is 5.06. The van der Waals surface area contributed by atoms with Crippen LogP contribution in [0.4, 0.5) is 5.95 Å². The Hall–Kier alpha value is -1.94. The number of hydrogen-bond donors (Lipinski definition) is 2. The number of nitrogens with zero attached hydrogens (tertiary/aromatic N) is 2. The normalized spacial score (nSPS) is 10.6. The Labute approximate surface area is 120 Å². The van der Waals surface area contributed by atoms with E-state index in [2.05, 4.69) is 51.8 Å². The van der Waals surface area contributed by atoms with Crippen LogP contribution in [0, 0.1) is 20.8 Å². The fourth-order valence-electron chi connectivity index (χ4n) is 2.01. The molecule has 0 aliphatic carbocycles. The molecule has 0 saturated heterocycles. The third-order valence-corrected chi connectivity index (χ3v) is 3.02. The van der Waals surface area contributed by atoms with Gasteiger partial charge in [-0.05, 0) is 32.4 Å². The van der Waals surface area contributed by atoms with Crippen molar-refractivity contribution in [3.63, 3.8) is 0 Å². The average Bonchev–Trinajstić information content (AvgIpc) is 2.39. The Morgan fingerprint density at radius 3 is 2.20 bits per heavy atom. The Balaban J connectivity index is 1.70. The van der Waals surface area contributed by atoms with E-state index >= 15 is 0 Å². The zero-order valence-corrected chi connectivity index (χ0v) is 12.4. The van der Waals surface area contributed by atoms with E-state index in [4.69, 9.17) is 0 Å². The maximum Gasteiger partial charge on any atom is 0.223 e. The molecule has 0 atom stereocenters. The summed E-state index contributed by atoms with van der Waals surface area (Å²) >= 11 is 0. The average molecular weight is 270 g/mol. The van der Waals surface area contributed by atoms with Crippen molar-refractivity contribution in [1.29, 1.82) is 0 Å². The molecule has 0 saturated carbocycles. The lowest BCUT2D eigenvalue weighted by Gasteiger charge is -2.08. The van der Waals surface area contributed by atoms with E-state index in [9.17, 15) is 0 Å². The van der Waals surface area contributed by atoms with Crippen molar-refractivity contribution < 1.29 is 0 Å². The van der Waals surface area contributed by atoms with Crippen molar-refractivity contribution in [2.45, 2.75) is 27.3 Å². The van der Waals surface area contributed by atoms with Gasteiger partial charge >= 0.3 is 0 Å². The third-order valence-electron chi connectivity index (χ3n) is 3.02. The number of benzene rings is 1. The molecule has 1 aromatic heterocycles. The van der Waals surface area contributed by atoms with E-state index in [1.807, 2.05) is 19.9 Å². The predicted molar refractivity (Wildman–Crippen MR) is 82.9 cm³/mol. The lowest BCUT2D eigenvalue weighted by atomic mass is 10.1. The third kappa shape index (κ3) is 4.63. The maximum atomic E-state index is 4.35. The van der Waals surface area contributed by atoms with Gasteiger partial charge in [-0.2, -0.15) is 0 Å². The Morgan fingerprint density at radius 2 is 1.55 bits per heavy atom. The van der Waals surface area contributed by atoms with Gasteiger partial charge in [-0.25, -0.2) is 9.97 Å². The van der Waals surface area contributed by atoms with E-state index in [1.165, 1.54) is 11.1 Å². The summed E-state index contributed by atoms with van der Waals surface area (Å²) < 4.78 is 0. The Kier molecular flexibility index (Phi) is 5.07. The van der Waals surface area contributed by atoms with Gasteiger partial charge in [0.05, 0.1) is 0 Å². The van der Waals surface area contributed by atoms with Crippen LogP contribution < -0.4 is 10.6 Å². The standard InChI is InChI=1S/C16H22N4/c1-12-4-6-15(7-5-12)11-17-8-9-18-16-19-13(2)10-14(3)20-16/h4-7,10,17H,8-9,11H2,1-3H3,(H,18,19,20). The van der Waals surface area contributed by atoms with Gasteiger partial charge in [-0.15, -0.1) is 0 Å². The molecule has 0 spiro atoms. The van der Waals surface area contributed by atoms with Gasteiger partial charge in [0.1, 0.15) is 0 Å². The van der Waals surface area contributed by atoms with Crippen LogP contribution in [0.2, 0.25) is 0 Å². The lowest BCUT2D eigenvalue weighted by molar-refractivity contribution is 0.704. The van der Waals surface area contributed by atoms with Gasteiger partial charge in [0.15, 0.2) is 0 Å². The van der Waals surface area contributed by atoms with Crippen LogP contribution >= 0.6 is 0 Å². The molecule has 0 amide bonds. The van der Waals surface area contributed by atoms with E-state index in [0.717, 1.165) is 31.0 Å².